The third-order valence-electron chi connectivity index (χ3n) is 2.95. The predicted molar refractivity (Wildman–Crippen MR) is 84.9 cm³/mol. The number of carbonyl (C=O) groups is 2. The lowest BCUT2D eigenvalue weighted by Gasteiger charge is -2.06. The number of benzene rings is 1. The average Bonchev–Trinajstić information content (AvgIpc) is 3.01. The van der Waals surface area contributed by atoms with Crippen LogP contribution in [0.4, 0.5) is 11.4 Å². The van der Waals surface area contributed by atoms with Crippen molar-refractivity contribution in [2.24, 2.45) is 0 Å². The van der Waals surface area contributed by atoms with Crippen LogP contribution in [-0.4, -0.2) is 16.8 Å². The number of thiophene rings is 1. The smallest absolute Gasteiger partial charge is 0.272 e. The molecule has 5 nitrogen and oxygen atoms in total. The maximum Gasteiger partial charge on any atom is 0.272 e. The molecule has 0 bridgehead atoms. The van der Waals surface area contributed by atoms with Gasteiger partial charge in [0.25, 0.3) is 5.91 Å². The highest BCUT2D eigenvalue weighted by atomic mass is 32.1. The number of carbonyl (C=O) groups excluding carboxylic acids is 2. The normalized spacial score (nSPS) is 10.5. The summed E-state index contributed by atoms with van der Waals surface area (Å²) in [7, 11) is 0. The zero-order chi connectivity index (χ0) is 14.8. The van der Waals surface area contributed by atoms with E-state index in [-0.39, 0.29) is 11.8 Å². The lowest BCUT2D eigenvalue weighted by atomic mass is 10.2. The SMILES string of the molecule is CC(=O)Nc1ccc(NC(=O)c2cc3sccc3[nH]2)cc1. The highest BCUT2D eigenvalue weighted by Gasteiger charge is 2.10. The Bertz CT molecular complexity index is 773. The molecule has 2 heterocycles. The van der Waals surface area contributed by atoms with Gasteiger partial charge in [0.15, 0.2) is 0 Å². The molecule has 0 saturated carbocycles. The third kappa shape index (κ3) is 2.95. The molecule has 0 spiro atoms. The Kier molecular flexibility index (Phi) is 3.45. The van der Waals surface area contributed by atoms with E-state index in [0.717, 1.165) is 10.2 Å². The van der Waals surface area contributed by atoms with E-state index >= 15 is 0 Å². The number of rotatable bonds is 3. The summed E-state index contributed by atoms with van der Waals surface area (Å²) >= 11 is 1.59. The van der Waals surface area contributed by atoms with Gasteiger partial charge in [0.2, 0.25) is 5.91 Å². The number of nitrogens with one attached hydrogen (secondary N) is 3. The fourth-order valence-electron chi connectivity index (χ4n) is 2.01. The van der Waals surface area contributed by atoms with Gasteiger partial charge < -0.3 is 15.6 Å². The Morgan fingerprint density at radius 2 is 1.71 bits per heavy atom. The molecule has 1 aromatic carbocycles. The molecule has 0 aliphatic carbocycles. The molecule has 0 saturated heterocycles. The van der Waals surface area contributed by atoms with Gasteiger partial charge in [-0.1, -0.05) is 0 Å². The molecular weight excluding hydrogens is 286 g/mol. The zero-order valence-corrected chi connectivity index (χ0v) is 12.1. The summed E-state index contributed by atoms with van der Waals surface area (Å²) in [5.41, 5.74) is 2.86. The summed E-state index contributed by atoms with van der Waals surface area (Å²) in [4.78, 5) is 26.1. The zero-order valence-electron chi connectivity index (χ0n) is 11.3. The molecule has 0 unspecified atom stereocenters. The second-order valence-corrected chi connectivity index (χ2v) is 5.54. The van der Waals surface area contributed by atoms with Gasteiger partial charge in [-0.3, -0.25) is 9.59 Å². The van der Waals surface area contributed by atoms with Gasteiger partial charge in [0, 0.05) is 18.3 Å². The summed E-state index contributed by atoms with van der Waals surface area (Å²) in [5.74, 6) is -0.316. The Morgan fingerprint density at radius 3 is 2.33 bits per heavy atom. The standard InChI is InChI=1S/C15H13N3O2S/c1-9(19)16-10-2-4-11(5-3-10)17-15(20)13-8-14-12(18-13)6-7-21-14/h2-8,18H,1H3,(H,16,19)(H,17,20). The fraction of sp³-hybridized carbons (Fsp3) is 0.0667. The van der Waals surface area contributed by atoms with Gasteiger partial charge in [-0.2, -0.15) is 0 Å². The molecule has 0 aliphatic rings. The Balaban J connectivity index is 1.72. The summed E-state index contributed by atoms with van der Waals surface area (Å²) in [6.07, 6.45) is 0. The Morgan fingerprint density at radius 1 is 1.05 bits per heavy atom. The minimum Gasteiger partial charge on any atom is -0.350 e. The number of aromatic nitrogens is 1. The second kappa shape index (κ2) is 5.41. The second-order valence-electron chi connectivity index (χ2n) is 4.59. The van der Waals surface area contributed by atoms with Crippen molar-refractivity contribution in [3.63, 3.8) is 0 Å². The van der Waals surface area contributed by atoms with Crippen molar-refractivity contribution in [3.8, 4) is 0 Å². The number of H-pyrrole nitrogens is 1. The number of fused-ring (bicyclic) bond motifs is 1. The number of aromatic amines is 1. The molecule has 3 rings (SSSR count). The van der Waals surface area contributed by atoms with Crippen LogP contribution in [0.1, 0.15) is 17.4 Å². The van der Waals surface area contributed by atoms with Gasteiger partial charge in [-0.25, -0.2) is 0 Å². The molecule has 0 atom stereocenters. The molecule has 2 amide bonds. The molecule has 0 aliphatic heterocycles. The van der Waals surface area contributed by atoms with Gasteiger partial charge >= 0.3 is 0 Å². The summed E-state index contributed by atoms with van der Waals surface area (Å²) in [6.45, 7) is 1.45. The maximum atomic E-state index is 12.1. The molecular formula is C15H13N3O2S. The molecule has 3 N–H and O–H groups in total. The molecule has 0 radical (unpaired) electrons. The van der Waals surface area contributed by atoms with Gasteiger partial charge in [0.05, 0.1) is 10.2 Å². The summed E-state index contributed by atoms with van der Waals surface area (Å²) in [5, 5.41) is 7.46. The van der Waals surface area contributed by atoms with E-state index in [2.05, 4.69) is 15.6 Å². The molecule has 21 heavy (non-hydrogen) atoms. The first-order chi connectivity index (χ1) is 10.1. The Hall–Kier alpha value is -2.60. The van der Waals surface area contributed by atoms with Crippen LogP contribution in [-0.2, 0) is 4.79 Å². The predicted octanol–water partition coefficient (Wildman–Crippen LogP) is 3.44. The molecule has 3 aromatic rings. The highest BCUT2D eigenvalue weighted by molar-refractivity contribution is 7.17. The topological polar surface area (TPSA) is 74.0 Å². The number of amides is 2. The van der Waals surface area contributed by atoms with Crippen molar-refractivity contribution in [2.45, 2.75) is 6.92 Å². The third-order valence-corrected chi connectivity index (χ3v) is 3.81. The van der Waals surface area contributed by atoms with Crippen LogP contribution in [0.25, 0.3) is 10.2 Å². The van der Waals surface area contributed by atoms with E-state index in [4.69, 9.17) is 0 Å². The number of hydrogen-bond donors (Lipinski definition) is 3. The van der Waals surface area contributed by atoms with Crippen molar-refractivity contribution < 1.29 is 9.59 Å². The largest absolute Gasteiger partial charge is 0.350 e. The summed E-state index contributed by atoms with van der Waals surface area (Å²) in [6, 6.07) is 10.7. The van der Waals surface area contributed by atoms with Crippen molar-refractivity contribution >= 4 is 44.7 Å². The fourth-order valence-corrected chi connectivity index (χ4v) is 2.79. The van der Waals surface area contributed by atoms with E-state index in [1.54, 1.807) is 35.6 Å². The maximum absolute atomic E-state index is 12.1. The Labute approximate surface area is 125 Å². The minimum absolute atomic E-state index is 0.127. The van der Waals surface area contributed by atoms with Gasteiger partial charge in [-0.05, 0) is 41.8 Å². The number of anilines is 2. The first-order valence-electron chi connectivity index (χ1n) is 6.37. The first-order valence-corrected chi connectivity index (χ1v) is 7.25. The lowest BCUT2D eigenvalue weighted by molar-refractivity contribution is -0.114. The van der Waals surface area contributed by atoms with Crippen LogP contribution in [0.5, 0.6) is 0 Å². The molecule has 106 valence electrons. The van der Waals surface area contributed by atoms with Crippen molar-refractivity contribution in [3.05, 3.63) is 47.5 Å². The van der Waals surface area contributed by atoms with Crippen LogP contribution in [0.2, 0.25) is 0 Å². The van der Waals surface area contributed by atoms with Crippen LogP contribution >= 0.6 is 11.3 Å². The van der Waals surface area contributed by atoms with Crippen molar-refractivity contribution in [1.82, 2.24) is 4.98 Å². The van der Waals surface area contributed by atoms with Crippen LogP contribution < -0.4 is 10.6 Å². The summed E-state index contributed by atoms with van der Waals surface area (Å²) < 4.78 is 1.06. The van der Waals surface area contributed by atoms with E-state index in [0.29, 0.717) is 17.1 Å². The van der Waals surface area contributed by atoms with E-state index in [1.165, 1.54) is 6.92 Å². The average molecular weight is 299 g/mol. The number of hydrogen-bond acceptors (Lipinski definition) is 3. The first kappa shape index (κ1) is 13.4. The monoisotopic (exact) mass is 299 g/mol. The van der Waals surface area contributed by atoms with E-state index in [9.17, 15) is 9.59 Å². The van der Waals surface area contributed by atoms with Crippen molar-refractivity contribution in [1.29, 1.82) is 0 Å². The quantitative estimate of drug-likeness (QED) is 0.693. The van der Waals surface area contributed by atoms with E-state index in [1.807, 2.05) is 17.5 Å². The van der Waals surface area contributed by atoms with Gasteiger partial charge in [-0.15, -0.1) is 11.3 Å². The lowest BCUT2D eigenvalue weighted by Crippen LogP contribution is -2.12. The van der Waals surface area contributed by atoms with Crippen LogP contribution in [0, 0.1) is 0 Å². The van der Waals surface area contributed by atoms with E-state index < -0.39 is 0 Å². The van der Waals surface area contributed by atoms with Crippen LogP contribution in [0.3, 0.4) is 0 Å². The minimum atomic E-state index is -0.189. The molecule has 0 fully saturated rings. The highest BCUT2D eigenvalue weighted by Crippen LogP contribution is 2.22. The van der Waals surface area contributed by atoms with Gasteiger partial charge in [0.1, 0.15) is 5.69 Å². The van der Waals surface area contributed by atoms with Crippen LogP contribution in [0.15, 0.2) is 41.8 Å². The molecule has 6 heteroatoms. The molecule has 2 aromatic heterocycles. The van der Waals surface area contributed by atoms with Crippen molar-refractivity contribution in [2.75, 3.05) is 10.6 Å².